The van der Waals surface area contributed by atoms with Crippen molar-refractivity contribution in [2.45, 2.75) is 44.6 Å². The zero-order chi connectivity index (χ0) is 30.7. The number of carbonyl (C=O) groups is 1. The summed E-state index contributed by atoms with van der Waals surface area (Å²) in [6.45, 7) is 0.158. The van der Waals surface area contributed by atoms with E-state index in [-0.39, 0.29) is 29.1 Å². The fourth-order valence-corrected chi connectivity index (χ4v) is 4.64. The Bertz CT molecular complexity index is 1440. The summed E-state index contributed by atoms with van der Waals surface area (Å²) in [6, 6.07) is 12.2. The highest BCUT2D eigenvalue weighted by atomic mass is 19.4. The molecule has 4 rings (SSSR count). The average molecular weight is 596 g/mol. The van der Waals surface area contributed by atoms with Gasteiger partial charge in [0, 0.05) is 11.6 Å². The Labute approximate surface area is 237 Å². The molecule has 1 aromatic heterocycles. The average Bonchev–Trinajstić information content (AvgIpc) is 2.93. The van der Waals surface area contributed by atoms with E-state index < -0.39 is 37.0 Å². The molecular weight excluding hydrogens is 568 g/mol. The topological polar surface area (TPSA) is 108 Å². The molecule has 0 spiro atoms. The molecule has 13 heteroatoms. The predicted molar refractivity (Wildman–Crippen MR) is 141 cm³/mol. The van der Waals surface area contributed by atoms with Crippen LogP contribution in [0.5, 0.6) is 11.6 Å². The summed E-state index contributed by atoms with van der Waals surface area (Å²) in [4.78, 5) is 19.3. The summed E-state index contributed by atoms with van der Waals surface area (Å²) in [5.41, 5.74) is 7.44. The number of nitrogens with zero attached hydrogens (tertiary/aromatic N) is 2. The van der Waals surface area contributed by atoms with Crippen molar-refractivity contribution in [3.05, 3.63) is 71.9 Å². The summed E-state index contributed by atoms with van der Waals surface area (Å²) >= 11 is 0. The first kappa shape index (κ1) is 30.7. The Morgan fingerprint density at radius 3 is 2.36 bits per heavy atom. The van der Waals surface area contributed by atoms with E-state index in [2.05, 4.69) is 9.97 Å². The van der Waals surface area contributed by atoms with Crippen molar-refractivity contribution in [1.82, 2.24) is 9.97 Å². The highest BCUT2D eigenvalue weighted by Crippen LogP contribution is 2.39. The zero-order valence-electron chi connectivity index (χ0n) is 22.2. The molecule has 0 amide bonds. The standard InChI is InChI=1S/C29H27F6N3O4/c1-16(26(39)40)17-5-9-19(10-6-17)23-14-24(38-27(36)37-23)42-25(29(33,34)35)20-11-7-18(8-12-20)21-3-2-4-22(13-21)41-15-28(30,31)32/h2-4,7-9,11-14,16-17,25H,5-6,10,15H2,1H3,(H,39,40)(H2,36,37,38)/t16?,17?,25-/m1/s1. The first-order valence-corrected chi connectivity index (χ1v) is 12.9. The van der Waals surface area contributed by atoms with Crippen LogP contribution in [0.4, 0.5) is 32.3 Å². The fourth-order valence-electron chi connectivity index (χ4n) is 4.64. The summed E-state index contributed by atoms with van der Waals surface area (Å²) in [5, 5.41) is 9.26. The van der Waals surface area contributed by atoms with Crippen LogP contribution in [-0.4, -0.2) is 40.0 Å². The Balaban J connectivity index is 1.53. The Kier molecular flexibility index (Phi) is 8.97. The smallest absolute Gasteiger partial charge is 0.429 e. The number of alkyl halides is 6. The van der Waals surface area contributed by atoms with Crippen LogP contribution in [0.25, 0.3) is 16.7 Å². The number of carboxylic acid groups (broad SMARTS) is 1. The third-order valence-electron chi connectivity index (χ3n) is 6.92. The van der Waals surface area contributed by atoms with E-state index in [1.807, 2.05) is 6.08 Å². The molecule has 0 saturated heterocycles. The number of rotatable bonds is 9. The maximum atomic E-state index is 14.1. The number of allylic oxidation sites excluding steroid dienone is 2. The van der Waals surface area contributed by atoms with Gasteiger partial charge in [0.2, 0.25) is 17.9 Å². The van der Waals surface area contributed by atoms with Gasteiger partial charge in [0.15, 0.2) is 6.61 Å². The molecular formula is C29H27F6N3O4. The van der Waals surface area contributed by atoms with Gasteiger partial charge in [-0.3, -0.25) is 4.79 Å². The van der Waals surface area contributed by atoms with Gasteiger partial charge in [-0.25, -0.2) is 4.98 Å². The molecule has 42 heavy (non-hydrogen) atoms. The second-order valence-electron chi connectivity index (χ2n) is 9.93. The van der Waals surface area contributed by atoms with Crippen LogP contribution in [0.1, 0.15) is 43.5 Å². The molecule has 1 aliphatic rings. The minimum absolute atomic E-state index is 0.0393. The Morgan fingerprint density at radius 1 is 1.05 bits per heavy atom. The Hall–Kier alpha value is -4.29. The molecule has 3 atom stereocenters. The summed E-state index contributed by atoms with van der Waals surface area (Å²) in [5.74, 6) is -2.22. The molecule has 3 N–H and O–H groups in total. The molecule has 7 nitrogen and oxygen atoms in total. The summed E-state index contributed by atoms with van der Waals surface area (Å²) in [6.07, 6.45) is -8.46. The van der Waals surface area contributed by atoms with Crippen LogP contribution in [0.15, 0.2) is 60.7 Å². The third-order valence-corrected chi connectivity index (χ3v) is 6.92. The SMILES string of the molecule is CC(C(=O)O)C1CC=C(c2cc(O[C@H](c3ccc(-c4cccc(OCC(F)(F)F)c4)cc3)C(F)(F)F)nc(N)n2)CC1. The normalized spacial score (nSPS) is 17.2. The molecule has 2 aromatic carbocycles. The summed E-state index contributed by atoms with van der Waals surface area (Å²) in [7, 11) is 0. The molecule has 0 fully saturated rings. The van der Waals surface area contributed by atoms with Crippen molar-refractivity contribution in [2.24, 2.45) is 11.8 Å². The first-order valence-electron chi connectivity index (χ1n) is 12.9. The van der Waals surface area contributed by atoms with Crippen LogP contribution < -0.4 is 15.2 Å². The van der Waals surface area contributed by atoms with Crippen molar-refractivity contribution in [2.75, 3.05) is 12.3 Å². The van der Waals surface area contributed by atoms with Crippen molar-refractivity contribution in [1.29, 1.82) is 0 Å². The van der Waals surface area contributed by atoms with Crippen molar-refractivity contribution < 1.29 is 45.7 Å². The lowest BCUT2D eigenvalue weighted by molar-refractivity contribution is -0.198. The summed E-state index contributed by atoms with van der Waals surface area (Å²) < 4.78 is 89.9. The second-order valence-corrected chi connectivity index (χ2v) is 9.93. The monoisotopic (exact) mass is 595 g/mol. The maximum absolute atomic E-state index is 14.1. The number of carboxylic acids is 1. The largest absolute Gasteiger partial charge is 0.484 e. The number of anilines is 1. The molecule has 1 heterocycles. The quantitative estimate of drug-likeness (QED) is 0.251. The number of hydrogen-bond donors (Lipinski definition) is 2. The number of nitrogens with two attached hydrogens (primary N) is 1. The molecule has 224 valence electrons. The van der Waals surface area contributed by atoms with Gasteiger partial charge in [0.05, 0.1) is 11.6 Å². The Morgan fingerprint density at radius 2 is 1.76 bits per heavy atom. The van der Waals surface area contributed by atoms with Gasteiger partial charge < -0.3 is 20.3 Å². The fraction of sp³-hybridized carbons (Fsp3) is 0.345. The van der Waals surface area contributed by atoms with E-state index in [0.29, 0.717) is 41.7 Å². The van der Waals surface area contributed by atoms with E-state index in [9.17, 15) is 36.2 Å². The van der Waals surface area contributed by atoms with Crippen molar-refractivity contribution in [3.8, 4) is 22.8 Å². The van der Waals surface area contributed by atoms with E-state index in [4.69, 9.17) is 15.2 Å². The van der Waals surface area contributed by atoms with Crippen LogP contribution in [0, 0.1) is 11.8 Å². The van der Waals surface area contributed by atoms with Crippen molar-refractivity contribution >= 4 is 17.5 Å². The lowest BCUT2D eigenvalue weighted by atomic mass is 9.81. The van der Waals surface area contributed by atoms with Gasteiger partial charge in [0.25, 0.3) is 0 Å². The van der Waals surface area contributed by atoms with E-state index >= 15 is 0 Å². The van der Waals surface area contributed by atoms with Crippen LogP contribution in [0.2, 0.25) is 0 Å². The zero-order valence-corrected chi connectivity index (χ0v) is 22.2. The van der Waals surface area contributed by atoms with Gasteiger partial charge in [-0.15, -0.1) is 0 Å². The molecule has 0 aliphatic heterocycles. The number of hydrogen-bond acceptors (Lipinski definition) is 6. The number of nitrogen functional groups attached to an aromatic ring is 1. The highest BCUT2D eigenvalue weighted by Gasteiger charge is 2.43. The minimum Gasteiger partial charge on any atom is -0.484 e. The van der Waals surface area contributed by atoms with E-state index in [1.54, 1.807) is 13.0 Å². The number of halogens is 6. The number of ether oxygens (including phenoxy) is 2. The van der Waals surface area contributed by atoms with Gasteiger partial charge in [-0.05, 0) is 54.0 Å². The van der Waals surface area contributed by atoms with Crippen LogP contribution >= 0.6 is 0 Å². The van der Waals surface area contributed by atoms with Gasteiger partial charge in [-0.1, -0.05) is 49.4 Å². The molecule has 0 radical (unpaired) electrons. The molecule has 1 aliphatic carbocycles. The molecule has 3 aromatic rings. The van der Waals surface area contributed by atoms with Crippen LogP contribution in [0.3, 0.4) is 0 Å². The number of aromatic nitrogens is 2. The highest BCUT2D eigenvalue weighted by molar-refractivity contribution is 5.71. The van der Waals surface area contributed by atoms with Gasteiger partial charge in [-0.2, -0.15) is 31.3 Å². The molecule has 2 unspecified atom stereocenters. The van der Waals surface area contributed by atoms with Crippen molar-refractivity contribution in [3.63, 3.8) is 0 Å². The molecule has 0 bridgehead atoms. The first-order chi connectivity index (χ1) is 19.7. The minimum atomic E-state index is -4.84. The maximum Gasteiger partial charge on any atom is 0.429 e. The number of aliphatic carboxylic acids is 1. The van der Waals surface area contributed by atoms with Gasteiger partial charge >= 0.3 is 18.3 Å². The lowest BCUT2D eigenvalue weighted by Crippen LogP contribution is -2.26. The van der Waals surface area contributed by atoms with E-state index in [1.165, 1.54) is 48.5 Å². The third kappa shape index (κ3) is 7.92. The number of benzene rings is 2. The van der Waals surface area contributed by atoms with Gasteiger partial charge in [0.1, 0.15) is 5.75 Å². The predicted octanol–water partition coefficient (Wildman–Crippen LogP) is 7.25. The second kappa shape index (κ2) is 12.3. The molecule has 0 saturated carbocycles. The lowest BCUT2D eigenvalue weighted by Gasteiger charge is -2.25. The van der Waals surface area contributed by atoms with E-state index in [0.717, 1.165) is 0 Å². The van der Waals surface area contributed by atoms with Crippen LogP contribution in [-0.2, 0) is 4.79 Å².